The molecule has 1 amide bonds. The highest BCUT2D eigenvalue weighted by atomic mass is 79.9. The van der Waals surface area contributed by atoms with Crippen molar-refractivity contribution in [1.82, 2.24) is 19.9 Å². The Morgan fingerprint density at radius 2 is 2.10 bits per heavy atom. The van der Waals surface area contributed by atoms with E-state index in [1.165, 1.54) is 0 Å². The Kier molecular flexibility index (Phi) is 5.53. The van der Waals surface area contributed by atoms with Crippen molar-refractivity contribution < 1.29 is 19.0 Å². The van der Waals surface area contributed by atoms with Gasteiger partial charge in [-0.15, -0.1) is 0 Å². The average Bonchev–Trinajstić information content (AvgIpc) is 3.20. The highest BCUT2D eigenvalue weighted by molar-refractivity contribution is 9.10. The maximum Gasteiger partial charge on any atom is 0.407 e. The molecule has 0 radical (unpaired) electrons. The monoisotopic (exact) mass is 500 g/mol. The molecule has 0 bridgehead atoms. The number of aromatic nitrogens is 3. The fraction of sp³-hybridized carbons (Fsp3) is 0.650. The van der Waals surface area contributed by atoms with Crippen molar-refractivity contribution in [2.75, 3.05) is 6.54 Å². The van der Waals surface area contributed by atoms with Crippen LogP contribution in [-0.4, -0.2) is 50.8 Å². The summed E-state index contributed by atoms with van der Waals surface area (Å²) in [5.41, 5.74) is 0.189. The van der Waals surface area contributed by atoms with Crippen molar-refractivity contribution in [2.24, 2.45) is 5.92 Å². The van der Waals surface area contributed by atoms with E-state index >= 15 is 0 Å². The van der Waals surface area contributed by atoms with Crippen LogP contribution < -0.4 is 5.32 Å². The van der Waals surface area contributed by atoms with Crippen LogP contribution >= 0.6 is 27.5 Å². The van der Waals surface area contributed by atoms with Crippen LogP contribution in [-0.2, 0) is 14.2 Å². The van der Waals surface area contributed by atoms with Crippen molar-refractivity contribution in [1.29, 1.82) is 0 Å². The van der Waals surface area contributed by atoms with Crippen LogP contribution in [0.3, 0.4) is 0 Å². The number of ether oxygens (including phenoxy) is 3. The predicted molar refractivity (Wildman–Crippen MR) is 115 cm³/mol. The molecular weight excluding hydrogens is 476 g/mol. The van der Waals surface area contributed by atoms with Crippen LogP contribution in [0.15, 0.2) is 16.9 Å². The molecule has 8 nitrogen and oxygen atoms in total. The van der Waals surface area contributed by atoms with Crippen LogP contribution in [0, 0.1) is 5.92 Å². The molecule has 2 aliphatic rings. The number of carbonyl (C=O) groups is 1. The zero-order chi connectivity index (χ0) is 21.8. The summed E-state index contributed by atoms with van der Waals surface area (Å²) in [6.45, 7) is 9.76. The molecule has 3 heterocycles. The van der Waals surface area contributed by atoms with Crippen LogP contribution in [0.1, 0.15) is 47.1 Å². The Morgan fingerprint density at radius 3 is 2.80 bits per heavy atom. The summed E-state index contributed by atoms with van der Waals surface area (Å²) in [5.74, 6) is -0.645. The second kappa shape index (κ2) is 7.62. The molecule has 2 aromatic heterocycles. The average molecular weight is 502 g/mol. The molecule has 164 valence electrons. The highest BCUT2D eigenvalue weighted by Crippen LogP contribution is 2.48. The maximum absolute atomic E-state index is 12.2. The third kappa shape index (κ3) is 4.30. The molecular formula is C20H26BrClN4O4. The van der Waals surface area contributed by atoms with E-state index in [1.807, 2.05) is 40.8 Å². The summed E-state index contributed by atoms with van der Waals surface area (Å²) >= 11 is 9.65. The van der Waals surface area contributed by atoms with E-state index in [9.17, 15) is 4.79 Å². The number of fused-ring (bicyclic) bond motifs is 2. The van der Waals surface area contributed by atoms with Gasteiger partial charge in [-0.05, 0) is 68.6 Å². The summed E-state index contributed by atoms with van der Waals surface area (Å²) in [6, 6.07) is -0.0259. The molecule has 1 saturated heterocycles. The summed E-state index contributed by atoms with van der Waals surface area (Å²) < 4.78 is 20.8. The van der Waals surface area contributed by atoms with Gasteiger partial charge in [0.15, 0.2) is 5.79 Å². The number of amides is 1. The van der Waals surface area contributed by atoms with Crippen LogP contribution in [0.25, 0.3) is 11.0 Å². The standard InChI is InChI=1S/C20H26BrClN4O4/c1-19(2,3)30-18(27)24-7-10-6-13(15-14(10)28-20(4,5)29-15)26-9-12(21)11-8-23-17(22)25-16(11)26/h8-10,13-15H,6-7H2,1-5H3,(H,24,27)/t10-,13-,14-,15+/m1/s1. The highest BCUT2D eigenvalue weighted by Gasteiger charge is 2.54. The SMILES string of the molecule is CC(C)(C)OC(=O)NC[C@H]1C[C@@H](n2cc(Br)c3cnc(Cl)nc32)[C@@H]2OC(C)(C)O[C@H]12. The third-order valence-corrected chi connectivity index (χ3v) is 6.12. The zero-order valence-corrected chi connectivity index (χ0v) is 20.0. The van der Waals surface area contributed by atoms with Gasteiger partial charge < -0.3 is 24.1 Å². The first-order valence-corrected chi connectivity index (χ1v) is 11.1. The predicted octanol–water partition coefficient (Wildman–Crippen LogP) is 4.45. The number of nitrogens with zero attached hydrogens (tertiary/aromatic N) is 3. The lowest BCUT2D eigenvalue weighted by Gasteiger charge is -2.25. The van der Waals surface area contributed by atoms with Crippen molar-refractivity contribution >= 4 is 44.7 Å². The Labute approximate surface area is 188 Å². The molecule has 2 aromatic rings. The van der Waals surface area contributed by atoms with E-state index in [4.69, 9.17) is 25.8 Å². The summed E-state index contributed by atoms with van der Waals surface area (Å²) in [7, 11) is 0. The normalized spacial score (nSPS) is 28.0. The minimum atomic E-state index is -0.703. The lowest BCUT2D eigenvalue weighted by Crippen LogP contribution is -2.38. The van der Waals surface area contributed by atoms with E-state index in [-0.39, 0.29) is 29.5 Å². The molecule has 0 unspecified atom stereocenters. The summed E-state index contributed by atoms with van der Waals surface area (Å²) in [6.07, 6.45) is 3.66. The number of nitrogens with one attached hydrogen (secondary N) is 1. The number of alkyl carbamates (subject to hydrolysis) is 1. The molecule has 30 heavy (non-hydrogen) atoms. The lowest BCUT2D eigenvalue weighted by molar-refractivity contribution is -0.160. The molecule has 4 atom stereocenters. The maximum atomic E-state index is 12.2. The van der Waals surface area contributed by atoms with Gasteiger partial charge in [0.25, 0.3) is 0 Å². The first kappa shape index (κ1) is 21.8. The fourth-order valence-electron chi connectivity index (χ4n) is 4.28. The second-order valence-corrected chi connectivity index (χ2v) is 10.5. The van der Waals surface area contributed by atoms with Gasteiger partial charge in [-0.25, -0.2) is 9.78 Å². The Hall–Kier alpha value is -1.42. The van der Waals surface area contributed by atoms with E-state index in [1.54, 1.807) is 6.20 Å². The molecule has 1 saturated carbocycles. The quantitative estimate of drug-likeness (QED) is 0.625. The van der Waals surface area contributed by atoms with Crippen molar-refractivity contribution in [3.63, 3.8) is 0 Å². The van der Waals surface area contributed by atoms with Crippen LogP contribution in [0.5, 0.6) is 0 Å². The fourth-order valence-corrected chi connectivity index (χ4v) is 4.91. The molecule has 1 aliphatic heterocycles. The molecule has 2 fully saturated rings. The second-order valence-electron chi connectivity index (χ2n) is 9.27. The van der Waals surface area contributed by atoms with Gasteiger partial charge in [0.05, 0.1) is 17.5 Å². The minimum absolute atomic E-state index is 0.0259. The Bertz CT molecular complexity index is 974. The number of carbonyl (C=O) groups excluding carboxylic acids is 1. The number of rotatable bonds is 3. The van der Waals surface area contributed by atoms with Gasteiger partial charge >= 0.3 is 6.09 Å². The smallest absolute Gasteiger partial charge is 0.407 e. The summed E-state index contributed by atoms with van der Waals surface area (Å²) in [5, 5.41) is 3.95. The molecule has 1 aliphatic carbocycles. The Morgan fingerprint density at radius 1 is 1.40 bits per heavy atom. The largest absolute Gasteiger partial charge is 0.444 e. The number of halogens is 2. The van der Waals surface area contributed by atoms with Gasteiger partial charge in [0.1, 0.15) is 17.4 Å². The Balaban J connectivity index is 1.59. The van der Waals surface area contributed by atoms with Gasteiger partial charge in [-0.1, -0.05) is 0 Å². The van der Waals surface area contributed by atoms with Crippen molar-refractivity contribution in [3.05, 3.63) is 22.1 Å². The first-order chi connectivity index (χ1) is 13.9. The van der Waals surface area contributed by atoms with E-state index in [2.05, 4.69) is 35.8 Å². The van der Waals surface area contributed by atoms with Gasteiger partial charge in [0, 0.05) is 29.3 Å². The third-order valence-electron chi connectivity index (χ3n) is 5.31. The molecule has 0 spiro atoms. The first-order valence-electron chi connectivity index (χ1n) is 9.94. The minimum Gasteiger partial charge on any atom is -0.444 e. The van der Waals surface area contributed by atoms with Gasteiger partial charge in [-0.2, -0.15) is 4.98 Å². The molecule has 10 heteroatoms. The van der Waals surface area contributed by atoms with Gasteiger partial charge in [0.2, 0.25) is 5.28 Å². The zero-order valence-electron chi connectivity index (χ0n) is 17.6. The van der Waals surface area contributed by atoms with E-state index in [0.717, 1.165) is 21.9 Å². The van der Waals surface area contributed by atoms with Crippen LogP contribution in [0.2, 0.25) is 5.28 Å². The number of hydrogen-bond donors (Lipinski definition) is 1. The summed E-state index contributed by atoms with van der Waals surface area (Å²) in [4.78, 5) is 20.7. The van der Waals surface area contributed by atoms with E-state index in [0.29, 0.717) is 6.54 Å². The van der Waals surface area contributed by atoms with Crippen molar-refractivity contribution in [3.8, 4) is 0 Å². The lowest BCUT2D eigenvalue weighted by atomic mass is 10.1. The van der Waals surface area contributed by atoms with Crippen LogP contribution in [0.4, 0.5) is 4.79 Å². The number of hydrogen-bond acceptors (Lipinski definition) is 6. The van der Waals surface area contributed by atoms with Gasteiger partial charge in [-0.3, -0.25) is 0 Å². The molecule has 1 N–H and O–H groups in total. The molecule has 0 aromatic carbocycles. The topological polar surface area (TPSA) is 87.5 Å². The van der Waals surface area contributed by atoms with E-state index < -0.39 is 17.5 Å². The van der Waals surface area contributed by atoms with Crippen molar-refractivity contribution in [2.45, 2.75) is 70.7 Å². The molecule has 4 rings (SSSR count).